The van der Waals surface area contributed by atoms with Gasteiger partial charge in [0.15, 0.2) is 5.78 Å². The summed E-state index contributed by atoms with van der Waals surface area (Å²) < 4.78 is 10.4. The summed E-state index contributed by atoms with van der Waals surface area (Å²) in [6, 6.07) is 5.38. The van der Waals surface area contributed by atoms with Crippen LogP contribution in [0.25, 0.3) is 0 Å². The van der Waals surface area contributed by atoms with Crippen LogP contribution in [0.1, 0.15) is 48.9 Å². The Bertz CT molecular complexity index is 434. The fourth-order valence-electron chi connectivity index (χ4n) is 2.80. The Hall–Kier alpha value is -1.51. The number of methoxy groups -OCH3 is 2. The Labute approximate surface area is 114 Å². The number of rotatable bonds is 6. The largest absolute Gasteiger partial charge is 0.497 e. The highest BCUT2D eigenvalue weighted by molar-refractivity contribution is 5.98. The van der Waals surface area contributed by atoms with Crippen LogP contribution in [0.4, 0.5) is 0 Å². The number of ether oxygens (including phenoxy) is 2. The van der Waals surface area contributed by atoms with Gasteiger partial charge in [-0.15, -0.1) is 0 Å². The van der Waals surface area contributed by atoms with Gasteiger partial charge in [-0.3, -0.25) is 4.79 Å². The molecular weight excluding hydrogens is 240 g/mol. The SMILES string of the molecule is COc1ccc(C(=O)CCC2CCCC2)c(OC)c1. The second-order valence-corrected chi connectivity index (χ2v) is 5.18. The molecule has 0 amide bonds. The van der Waals surface area contributed by atoms with Crippen LogP contribution in [0.15, 0.2) is 18.2 Å². The van der Waals surface area contributed by atoms with Crippen molar-refractivity contribution in [3.05, 3.63) is 23.8 Å². The molecule has 1 fully saturated rings. The lowest BCUT2D eigenvalue weighted by Gasteiger charge is -2.11. The van der Waals surface area contributed by atoms with Crippen LogP contribution in [0.5, 0.6) is 11.5 Å². The molecule has 1 saturated carbocycles. The zero-order valence-corrected chi connectivity index (χ0v) is 11.8. The Balaban J connectivity index is 2.01. The van der Waals surface area contributed by atoms with E-state index in [0.29, 0.717) is 23.5 Å². The van der Waals surface area contributed by atoms with E-state index in [1.54, 1.807) is 26.4 Å². The molecule has 2 rings (SSSR count). The van der Waals surface area contributed by atoms with Gasteiger partial charge >= 0.3 is 0 Å². The van der Waals surface area contributed by atoms with Crippen LogP contribution < -0.4 is 9.47 Å². The van der Waals surface area contributed by atoms with Gasteiger partial charge in [0.25, 0.3) is 0 Å². The van der Waals surface area contributed by atoms with E-state index in [1.165, 1.54) is 25.7 Å². The fraction of sp³-hybridized carbons (Fsp3) is 0.562. The summed E-state index contributed by atoms with van der Waals surface area (Å²) in [4.78, 5) is 12.3. The molecule has 19 heavy (non-hydrogen) atoms. The van der Waals surface area contributed by atoms with E-state index in [0.717, 1.165) is 12.3 Å². The third-order valence-electron chi connectivity index (χ3n) is 3.96. The van der Waals surface area contributed by atoms with E-state index >= 15 is 0 Å². The maximum Gasteiger partial charge on any atom is 0.166 e. The van der Waals surface area contributed by atoms with Gasteiger partial charge in [-0.1, -0.05) is 25.7 Å². The van der Waals surface area contributed by atoms with E-state index in [2.05, 4.69) is 0 Å². The fourth-order valence-corrected chi connectivity index (χ4v) is 2.80. The van der Waals surface area contributed by atoms with E-state index in [1.807, 2.05) is 6.07 Å². The lowest BCUT2D eigenvalue weighted by Crippen LogP contribution is -2.05. The molecule has 1 aromatic rings. The van der Waals surface area contributed by atoms with Crippen LogP contribution >= 0.6 is 0 Å². The second-order valence-electron chi connectivity index (χ2n) is 5.18. The third kappa shape index (κ3) is 3.49. The molecule has 0 radical (unpaired) electrons. The number of hydrogen-bond acceptors (Lipinski definition) is 3. The van der Waals surface area contributed by atoms with Crippen molar-refractivity contribution in [3.8, 4) is 11.5 Å². The van der Waals surface area contributed by atoms with Crippen molar-refractivity contribution in [2.24, 2.45) is 5.92 Å². The van der Waals surface area contributed by atoms with E-state index in [4.69, 9.17) is 9.47 Å². The summed E-state index contributed by atoms with van der Waals surface area (Å²) in [6.45, 7) is 0. The van der Waals surface area contributed by atoms with Crippen LogP contribution in [-0.2, 0) is 0 Å². The molecule has 1 aromatic carbocycles. The van der Waals surface area contributed by atoms with Crippen molar-refractivity contribution in [2.45, 2.75) is 38.5 Å². The molecule has 0 saturated heterocycles. The Kier molecular flexibility index (Phi) is 4.83. The molecule has 1 aliphatic rings. The molecular formula is C16H22O3. The van der Waals surface area contributed by atoms with Crippen LogP contribution in [-0.4, -0.2) is 20.0 Å². The summed E-state index contributed by atoms with van der Waals surface area (Å²) in [6.07, 6.45) is 6.84. The highest BCUT2D eigenvalue weighted by Crippen LogP contribution is 2.31. The predicted octanol–water partition coefficient (Wildman–Crippen LogP) is 3.86. The predicted molar refractivity (Wildman–Crippen MR) is 75.1 cm³/mol. The van der Waals surface area contributed by atoms with E-state index in [9.17, 15) is 4.79 Å². The minimum absolute atomic E-state index is 0.173. The minimum atomic E-state index is 0.173. The van der Waals surface area contributed by atoms with E-state index < -0.39 is 0 Å². The number of ketones is 1. The lowest BCUT2D eigenvalue weighted by molar-refractivity contribution is 0.0971. The van der Waals surface area contributed by atoms with E-state index in [-0.39, 0.29) is 5.78 Å². The first-order chi connectivity index (χ1) is 9.24. The average molecular weight is 262 g/mol. The van der Waals surface area contributed by atoms with Gasteiger partial charge < -0.3 is 9.47 Å². The van der Waals surface area contributed by atoms with Crippen LogP contribution in [0.2, 0.25) is 0 Å². The first kappa shape index (κ1) is 13.9. The first-order valence-corrected chi connectivity index (χ1v) is 7.00. The van der Waals surface area contributed by atoms with Gasteiger partial charge in [0.05, 0.1) is 19.8 Å². The number of Topliss-reactive ketones (excluding diaryl/α,β-unsaturated/α-hetero) is 1. The molecule has 0 atom stereocenters. The Morgan fingerprint density at radius 2 is 1.95 bits per heavy atom. The smallest absolute Gasteiger partial charge is 0.166 e. The molecule has 0 bridgehead atoms. The maximum atomic E-state index is 12.3. The average Bonchev–Trinajstić information content (AvgIpc) is 2.97. The van der Waals surface area contributed by atoms with Gasteiger partial charge in [-0.2, -0.15) is 0 Å². The molecule has 0 spiro atoms. The number of carbonyl (C=O) groups is 1. The monoisotopic (exact) mass is 262 g/mol. The van der Waals surface area contributed by atoms with Gasteiger partial charge in [-0.25, -0.2) is 0 Å². The van der Waals surface area contributed by atoms with Crippen molar-refractivity contribution in [2.75, 3.05) is 14.2 Å². The van der Waals surface area contributed by atoms with Gasteiger partial charge in [0, 0.05) is 12.5 Å². The highest BCUT2D eigenvalue weighted by Gasteiger charge is 2.18. The summed E-state index contributed by atoms with van der Waals surface area (Å²) in [7, 11) is 3.19. The van der Waals surface area contributed by atoms with Gasteiger partial charge in [0.2, 0.25) is 0 Å². The topological polar surface area (TPSA) is 35.5 Å². The summed E-state index contributed by atoms with van der Waals surface area (Å²) in [5, 5.41) is 0. The standard InChI is InChI=1S/C16H22O3/c1-18-13-8-9-14(16(11-13)19-2)15(17)10-7-12-5-3-4-6-12/h8-9,11-12H,3-7,10H2,1-2H3. The summed E-state index contributed by atoms with van der Waals surface area (Å²) >= 11 is 0. The van der Waals surface area contributed by atoms with Crippen LogP contribution in [0.3, 0.4) is 0 Å². The molecule has 1 aliphatic carbocycles. The number of benzene rings is 1. The number of hydrogen-bond donors (Lipinski definition) is 0. The quantitative estimate of drug-likeness (QED) is 0.730. The number of carbonyl (C=O) groups excluding carboxylic acids is 1. The van der Waals surface area contributed by atoms with Crippen molar-refractivity contribution >= 4 is 5.78 Å². The minimum Gasteiger partial charge on any atom is -0.497 e. The molecule has 3 nitrogen and oxygen atoms in total. The zero-order valence-electron chi connectivity index (χ0n) is 11.8. The molecule has 0 N–H and O–H groups in total. The summed E-state index contributed by atoms with van der Waals surface area (Å²) in [5.74, 6) is 2.24. The van der Waals surface area contributed by atoms with Crippen molar-refractivity contribution in [1.29, 1.82) is 0 Å². The van der Waals surface area contributed by atoms with Gasteiger partial charge in [0.1, 0.15) is 11.5 Å². The lowest BCUT2D eigenvalue weighted by atomic mass is 9.97. The molecule has 104 valence electrons. The normalized spacial score (nSPS) is 15.5. The Morgan fingerprint density at radius 3 is 2.58 bits per heavy atom. The first-order valence-electron chi connectivity index (χ1n) is 7.00. The maximum absolute atomic E-state index is 12.3. The molecule has 0 unspecified atom stereocenters. The van der Waals surface area contributed by atoms with Crippen molar-refractivity contribution in [1.82, 2.24) is 0 Å². The van der Waals surface area contributed by atoms with Crippen LogP contribution in [0, 0.1) is 5.92 Å². The molecule has 0 heterocycles. The Morgan fingerprint density at radius 1 is 1.21 bits per heavy atom. The highest BCUT2D eigenvalue weighted by atomic mass is 16.5. The molecule has 0 aliphatic heterocycles. The second kappa shape index (κ2) is 6.60. The third-order valence-corrected chi connectivity index (χ3v) is 3.96. The van der Waals surface area contributed by atoms with Crippen molar-refractivity contribution in [3.63, 3.8) is 0 Å². The molecule has 3 heteroatoms. The van der Waals surface area contributed by atoms with Crippen molar-refractivity contribution < 1.29 is 14.3 Å². The molecule has 0 aromatic heterocycles. The van der Waals surface area contributed by atoms with Gasteiger partial charge in [-0.05, 0) is 24.5 Å². The summed E-state index contributed by atoms with van der Waals surface area (Å²) in [5.41, 5.74) is 0.668. The zero-order chi connectivity index (χ0) is 13.7.